The van der Waals surface area contributed by atoms with Gasteiger partial charge in [0.2, 0.25) is 0 Å². The smallest absolute Gasteiger partial charge is 0.132 e. The van der Waals surface area contributed by atoms with Crippen molar-refractivity contribution in [3.05, 3.63) is 53.7 Å². The summed E-state index contributed by atoms with van der Waals surface area (Å²) < 4.78 is 5.30. The first-order valence-corrected chi connectivity index (χ1v) is 10.4. The first kappa shape index (κ1) is 18.3. The number of pyridine rings is 1. The monoisotopic (exact) mass is 365 g/mol. The fourth-order valence-corrected chi connectivity index (χ4v) is 4.07. The maximum atomic E-state index is 5.30. The highest BCUT2D eigenvalue weighted by molar-refractivity contribution is 5.51. The van der Waals surface area contributed by atoms with Crippen molar-refractivity contribution in [3.63, 3.8) is 0 Å². The zero-order chi connectivity index (χ0) is 18.5. The van der Waals surface area contributed by atoms with E-state index in [1.54, 1.807) is 7.11 Å². The van der Waals surface area contributed by atoms with Crippen LogP contribution in [-0.4, -0.2) is 30.7 Å². The van der Waals surface area contributed by atoms with E-state index in [0.29, 0.717) is 6.04 Å². The molecule has 4 heteroatoms. The summed E-state index contributed by atoms with van der Waals surface area (Å²) in [5, 5.41) is 3.63. The zero-order valence-electron chi connectivity index (χ0n) is 16.4. The standard InChI is InChI=1S/C23H31N3O/c1-27-22-13-7-18(8-14-22)17-26-21(6-2-3-15-24-20-10-11-20)12-9-19-5-4-16-25-23(19)26/h4-5,7-8,13-14,16,20-21,24H,2-3,6,9-12,15,17H2,1H3/t21-/m1/s1. The topological polar surface area (TPSA) is 37.4 Å². The van der Waals surface area contributed by atoms with E-state index in [1.165, 1.54) is 62.0 Å². The molecule has 1 aromatic carbocycles. The van der Waals surface area contributed by atoms with Gasteiger partial charge in [0.1, 0.15) is 11.6 Å². The summed E-state index contributed by atoms with van der Waals surface area (Å²) in [7, 11) is 1.72. The molecule has 1 aliphatic heterocycles. The van der Waals surface area contributed by atoms with Crippen molar-refractivity contribution in [3.8, 4) is 5.75 Å². The summed E-state index contributed by atoms with van der Waals surface area (Å²) in [5.41, 5.74) is 2.70. The molecule has 0 radical (unpaired) electrons. The van der Waals surface area contributed by atoms with Gasteiger partial charge in [-0.3, -0.25) is 0 Å². The number of fused-ring (bicyclic) bond motifs is 1. The molecule has 2 aliphatic rings. The predicted molar refractivity (Wildman–Crippen MR) is 110 cm³/mol. The molecule has 0 amide bonds. The quantitative estimate of drug-likeness (QED) is 0.671. The Kier molecular flexibility index (Phi) is 5.93. The lowest BCUT2D eigenvalue weighted by Crippen LogP contribution is -2.39. The molecule has 0 spiro atoms. The number of methoxy groups -OCH3 is 1. The van der Waals surface area contributed by atoms with E-state index in [4.69, 9.17) is 9.72 Å². The normalized spacial score (nSPS) is 19.0. The van der Waals surface area contributed by atoms with Gasteiger partial charge in [0, 0.05) is 24.8 Å². The largest absolute Gasteiger partial charge is 0.497 e. The molecule has 2 heterocycles. The first-order valence-electron chi connectivity index (χ1n) is 10.4. The molecule has 0 bridgehead atoms. The lowest BCUT2D eigenvalue weighted by atomic mass is 9.94. The van der Waals surface area contributed by atoms with Gasteiger partial charge in [-0.1, -0.05) is 24.6 Å². The van der Waals surface area contributed by atoms with Gasteiger partial charge >= 0.3 is 0 Å². The molecular weight excluding hydrogens is 334 g/mol. The van der Waals surface area contributed by atoms with Gasteiger partial charge in [-0.05, 0) is 74.4 Å². The van der Waals surface area contributed by atoms with E-state index in [0.717, 1.165) is 24.8 Å². The van der Waals surface area contributed by atoms with Crippen molar-refractivity contribution < 1.29 is 4.74 Å². The van der Waals surface area contributed by atoms with Crippen LogP contribution in [0.5, 0.6) is 5.75 Å². The molecule has 144 valence electrons. The number of nitrogens with zero attached hydrogens (tertiary/aromatic N) is 2. The number of hydrogen-bond donors (Lipinski definition) is 1. The molecule has 1 aliphatic carbocycles. The van der Waals surface area contributed by atoms with Crippen LogP contribution in [0.1, 0.15) is 49.7 Å². The first-order chi connectivity index (χ1) is 13.3. The molecule has 1 atom stereocenters. The number of ether oxygens (including phenoxy) is 1. The summed E-state index contributed by atoms with van der Waals surface area (Å²) in [6.45, 7) is 2.09. The zero-order valence-corrected chi connectivity index (χ0v) is 16.4. The molecule has 27 heavy (non-hydrogen) atoms. The summed E-state index contributed by atoms with van der Waals surface area (Å²) in [6.07, 6.45) is 10.9. The van der Waals surface area contributed by atoms with Gasteiger partial charge in [-0.15, -0.1) is 0 Å². The number of benzene rings is 1. The van der Waals surface area contributed by atoms with E-state index in [9.17, 15) is 0 Å². The second kappa shape index (κ2) is 8.75. The number of rotatable bonds is 9. The minimum atomic E-state index is 0.579. The third-order valence-corrected chi connectivity index (χ3v) is 5.81. The van der Waals surface area contributed by atoms with Gasteiger partial charge in [-0.25, -0.2) is 4.98 Å². The Bertz CT molecular complexity index is 727. The van der Waals surface area contributed by atoms with Crippen LogP contribution in [-0.2, 0) is 13.0 Å². The van der Waals surface area contributed by atoms with Crippen LogP contribution in [0.3, 0.4) is 0 Å². The highest BCUT2D eigenvalue weighted by Gasteiger charge is 2.27. The van der Waals surface area contributed by atoms with E-state index < -0.39 is 0 Å². The van der Waals surface area contributed by atoms with Gasteiger partial charge in [0.25, 0.3) is 0 Å². The van der Waals surface area contributed by atoms with Crippen LogP contribution < -0.4 is 15.0 Å². The van der Waals surface area contributed by atoms with Crippen molar-refractivity contribution in [2.45, 2.75) is 63.6 Å². The van der Waals surface area contributed by atoms with E-state index in [-0.39, 0.29) is 0 Å². The molecule has 0 unspecified atom stereocenters. The number of unbranched alkanes of at least 4 members (excludes halogenated alkanes) is 1. The van der Waals surface area contributed by atoms with Crippen LogP contribution in [0.25, 0.3) is 0 Å². The Morgan fingerprint density at radius 1 is 1.11 bits per heavy atom. The van der Waals surface area contributed by atoms with Crippen molar-refractivity contribution in [2.75, 3.05) is 18.6 Å². The molecular formula is C23H31N3O. The summed E-state index contributed by atoms with van der Waals surface area (Å²) in [5.74, 6) is 2.09. The Morgan fingerprint density at radius 2 is 1.96 bits per heavy atom. The molecule has 1 saturated carbocycles. The third-order valence-electron chi connectivity index (χ3n) is 5.81. The second-order valence-electron chi connectivity index (χ2n) is 7.88. The fourth-order valence-electron chi connectivity index (χ4n) is 4.07. The van der Waals surface area contributed by atoms with Crippen LogP contribution in [0, 0.1) is 0 Å². The maximum absolute atomic E-state index is 5.30. The molecule has 1 fully saturated rings. The summed E-state index contributed by atoms with van der Waals surface area (Å²) >= 11 is 0. The molecule has 2 aromatic rings. The average Bonchev–Trinajstić information content (AvgIpc) is 3.54. The van der Waals surface area contributed by atoms with Gasteiger partial charge in [-0.2, -0.15) is 0 Å². The SMILES string of the molecule is COc1ccc(CN2c3ncccc3CC[C@H]2CCCCNC2CC2)cc1. The van der Waals surface area contributed by atoms with Crippen LogP contribution >= 0.6 is 0 Å². The third kappa shape index (κ3) is 4.81. The lowest BCUT2D eigenvalue weighted by molar-refractivity contribution is 0.414. The molecule has 0 saturated heterocycles. The van der Waals surface area contributed by atoms with Crippen LogP contribution in [0.4, 0.5) is 5.82 Å². The maximum Gasteiger partial charge on any atom is 0.132 e. The number of aryl methyl sites for hydroxylation is 1. The highest BCUT2D eigenvalue weighted by atomic mass is 16.5. The Balaban J connectivity index is 1.42. The van der Waals surface area contributed by atoms with Gasteiger partial charge in [0.05, 0.1) is 7.11 Å². The van der Waals surface area contributed by atoms with E-state index in [2.05, 4.69) is 46.6 Å². The number of anilines is 1. The lowest BCUT2D eigenvalue weighted by Gasteiger charge is -2.38. The second-order valence-corrected chi connectivity index (χ2v) is 7.88. The summed E-state index contributed by atoms with van der Waals surface area (Å²) in [6, 6.07) is 14.2. The Morgan fingerprint density at radius 3 is 2.74 bits per heavy atom. The average molecular weight is 366 g/mol. The fraction of sp³-hybridized carbons (Fsp3) is 0.522. The van der Waals surface area contributed by atoms with Crippen molar-refractivity contribution in [1.82, 2.24) is 10.3 Å². The van der Waals surface area contributed by atoms with Crippen molar-refractivity contribution in [1.29, 1.82) is 0 Å². The molecule has 4 nitrogen and oxygen atoms in total. The van der Waals surface area contributed by atoms with Crippen molar-refractivity contribution >= 4 is 5.82 Å². The van der Waals surface area contributed by atoms with Gasteiger partial charge < -0.3 is 15.0 Å². The summed E-state index contributed by atoms with van der Waals surface area (Å²) in [4.78, 5) is 7.28. The molecule has 1 aromatic heterocycles. The van der Waals surface area contributed by atoms with Gasteiger partial charge in [0.15, 0.2) is 0 Å². The minimum absolute atomic E-state index is 0.579. The Hall–Kier alpha value is -2.07. The predicted octanol–water partition coefficient (Wildman–Crippen LogP) is 4.33. The Labute approximate surface area is 162 Å². The van der Waals surface area contributed by atoms with E-state index >= 15 is 0 Å². The molecule has 4 rings (SSSR count). The van der Waals surface area contributed by atoms with Crippen LogP contribution in [0.2, 0.25) is 0 Å². The number of nitrogens with one attached hydrogen (secondary N) is 1. The molecule has 1 N–H and O–H groups in total. The minimum Gasteiger partial charge on any atom is -0.497 e. The van der Waals surface area contributed by atoms with Crippen LogP contribution in [0.15, 0.2) is 42.6 Å². The number of aromatic nitrogens is 1. The van der Waals surface area contributed by atoms with Crippen molar-refractivity contribution in [2.24, 2.45) is 0 Å². The van der Waals surface area contributed by atoms with E-state index in [1.807, 2.05) is 6.20 Å². The number of hydrogen-bond acceptors (Lipinski definition) is 4. The highest BCUT2D eigenvalue weighted by Crippen LogP contribution is 2.32.